The lowest BCUT2D eigenvalue weighted by Crippen LogP contribution is -2.05. The molecule has 1 saturated carbocycles. The van der Waals surface area contributed by atoms with Crippen molar-refractivity contribution in [2.24, 2.45) is 5.73 Å². The van der Waals surface area contributed by atoms with Crippen molar-refractivity contribution >= 4 is 5.69 Å². The molecule has 0 aromatic carbocycles. The maximum atomic E-state index is 5.71. The minimum Gasteiger partial charge on any atom is -0.489 e. The van der Waals surface area contributed by atoms with Crippen LogP contribution in [0.1, 0.15) is 18.5 Å². The fraction of sp³-hybridized carbons (Fsp3) is 0.444. The molecule has 0 bridgehead atoms. The molecule has 4 nitrogen and oxygen atoms in total. The van der Waals surface area contributed by atoms with Crippen LogP contribution in [0, 0.1) is 0 Å². The molecule has 70 valence electrons. The highest BCUT2D eigenvalue weighted by Gasteiger charge is 2.23. The van der Waals surface area contributed by atoms with Crippen LogP contribution in [0.2, 0.25) is 0 Å². The van der Waals surface area contributed by atoms with Crippen molar-refractivity contribution in [1.29, 1.82) is 0 Å². The third kappa shape index (κ3) is 1.89. The SMILES string of the molecule is NCc1ncc(OC2CC2)cc1N. The fourth-order valence-corrected chi connectivity index (χ4v) is 1.10. The number of anilines is 1. The second kappa shape index (κ2) is 3.22. The smallest absolute Gasteiger partial charge is 0.140 e. The summed E-state index contributed by atoms with van der Waals surface area (Å²) in [7, 11) is 0. The first-order valence-electron chi connectivity index (χ1n) is 4.40. The number of pyridine rings is 1. The van der Waals surface area contributed by atoms with E-state index in [1.165, 1.54) is 0 Å². The van der Waals surface area contributed by atoms with Crippen LogP contribution in [0.25, 0.3) is 0 Å². The fourth-order valence-electron chi connectivity index (χ4n) is 1.10. The van der Waals surface area contributed by atoms with E-state index in [-0.39, 0.29) is 0 Å². The normalized spacial score (nSPS) is 15.8. The number of ether oxygens (including phenoxy) is 1. The van der Waals surface area contributed by atoms with E-state index < -0.39 is 0 Å². The van der Waals surface area contributed by atoms with Crippen molar-refractivity contribution in [3.8, 4) is 5.75 Å². The van der Waals surface area contributed by atoms with E-state index in [2.05, 4.69) is 4.98 Å². The van der Waals surface area contributed by atoms with Crippen molar-refractivity contribution in [2.75, 3.05) is 5.73 Å². The third-order valence-electron chi connectivity index (χ3n) is 2.00. The number of hydrogen-bond acceptors (Lipinski definition) is 4. The van der Waals surface area contributed by atoms with Crippen LogP contribution in [-0.4, -0.2) is 11.1 Å². The number of nitrogens with two attached hydrogens (primary N) is 2. The molecular weight excluding hydrogens is 166 g/mol. The summed E-state index contributed by atoms with van der Waals surface area (Å²) in [5.41, 5.74) is 12.5. The molecule has 1 fully saturated rings. The zero-order chi connectivity index (χ0) is 9.26. The van der Waals surface area contributed by atoms with E-state index >= 15 is 0 Å². The molecule has 0 amide bonds. The first-order chi connectivity index (χ1) is 6.29. The second-order valence-corrected chi connectivity index (χ2v) is 3.23. The van der Waals surface area contributed by atoms with Gasteiger partial charge in [-0.1, -0.05) is 0 Å². The van der Waals surface area contributed by atoms with Gasteiger partial charge in [-0.25, -0.2) is 0 Å². The lowest BCUT2D eigenvalue weighted by atomic mass is 10.3. The quantitative estimate of drug-likeness (QED) is 0.715. The van der Waals surface area contributed by atoms with Crippen LogP contribution < -0.4 is 16.2 Å². The van der Waals surface area contributed by atoms with Crippen molar-refractivity contribution in [3.63, 3.8) is 0 Å². The summed E-state index contributed by atoms with van der Waals surface area (Å²) in [6, 6.07) is 1.79. The van der Waals surface area contributed by atoms with Crippen molar-refractivity contribution in [2.45, 2.75) is 25.5 Å². The lowest BCUT2D eigenvalue weighted by Gasteiger charge is -2.06. The Morgan fingerprint density at radius 3 is 2.85 bits per heavy atom. The number of nitrogens with zero attached hydrogens (tertiary/aromatic N) is 1. The first-order valence-corrected chi connectivity index (χ1v) is 4.40. The van der Waals surface area contributed by atoms with E-state index in [0.29, 0.717) is 18.3 Å². The zero-order valence-electron chi connectivity index (χ0n) is 7.36. The summed E-state index contributed by atoms with van der Waals surface area (Å²) in [5, 5.41) is 0. The highest BCUT2D eigenvalue weighted by atomic mass is 16.5. The highest BCUT2D eigenvalue weighted by molar-refractivity contribution is 5.47. The molecule has 1 aliphatic carbocycles. The second-order valence-electron chi connectivity index (χ2n) is 3.23. The largest absolute Gasteiger partial charge is 0.489 e. The molecule has 0 atom stereocenters. The Balaban J connectivity index is 2.13. The van der Waals surface area contributed by atoms with Gasteiger partial charge in [0, 0.05) is 12.6 Å². The lowest BCUT2D eigenvalue weighted by molar-refractivity contribution is 0.302. The standard InChI is InChI=1S/C9H13N3O/c10-4-9-8(11)3-7(5-12-9)13-6-1-2-6/h3,5-6H,1-2,4,10-11H2. The Morgan fingerprint density at radius 1 is 1.54 bits per heavy atom. The first kappa shape index (κ1) is 8.31. The number of hydrogen-bond donors (Lipinski definition) is 2. The van der Waals surface area contributed by atoms with Crippen molar-refractivity contribution in [1.82, 2.24) is 4.98 Å². The molecule has 1 aromatic rings. The predicted molar refractivity (Wildman–Crippen MR) is 50.2 cm³/mol. The molecule has 1 aromatic heterocycles. The summed E-state index contributed by atoms with van der Waals surface area (Å²) < 4.78 is 5.52. The van der Waals surface area contributed by atoms with Gasteiger partial charge in [-0.05, 0) is 12.8 Å². The number of nitrogen functional groups attached to an aromatic ring is 1. The Hall–Kier alpha value is -1.29. The van der Waals surface area contributed by atoms with Gasteiger partial charge in [0.05, 0.1) is 23.7 Å². The van der Waals surface area contributed by atoms with Gasteiger partial charge in [0.15, 0.2) is 0 Å². The summed E-state index contributed by atoms with van der Waals surface area (Å²) in [4.78, 5) is 4.10. The van der Waals surface area contributed by atoms with Gasteiger partial charge in [-0.15, -0.1) is 0 Å². The molecule has 13 heavy (non-hydrogen) atoms. The maximum absolute atomic E-state index is 5.71. The minimum absolute atomic E-state index is 0.371. The Kier molecular flexibility index (Phi) is 2.06. The summed E-state index contributed by atoms with van der Waals surface area (Å²) in [6.45, 7) is 0.371. The van der Waals surface area contributed by atoms with E-state index in [9.17, 15) is 0 Å². The summed E-state index contributed by atoms with van der Waals surface area (Å²) >= 11 is 0. The van der Waals surface area contributed by atoms with Crippen LogP contribution in [0.3, 0.4) is 0 Å². The Morgan fingerprint density at radius 2 is 2.31 bits per heavy atom. The summed E-state index contributed by atoms with van der Waals surface area (Å²) in [6.07, 6.45) is 4.33. The molecule has 1 heterocycles. The topological polar surface area (TPSA) is 74.2 Å². The van der Waals surface area contributed by atoms with Crippen LogP contribution in [-0.2, 0) is 6.54 Å². The number of aromatic nitrogens is 1. The van der Waals surface area contributed by atoms with Crippen LogP contribution in [0.15, 0.2) is 12.3 Å². The molecule has 4 heteroatoms. The Labute approximate surface area is 76.9 Å². The van der Waals surface area contributed by atoms with Gasteiger partial charge in [-0.2, -0.15) is 0 Å². The zero-order valence-corrected chi connectivity index (χ0v) is 7.36. The maximum Gasteiger partial charge on any atom is 0.140 e. The molecule has 0 saturated heterocycles. The van der Waals surface area contributed by atoms with Crippen molar-refractivity contribution < 1.29 is 4.74 Å². The van der Waals surface area contributed by atoms with Gasteiger partial charge in [-0.3, -0.25) is 4.98 Å². The molecular formula is C9H13N3O. The van der Waals surface area contributed by atoms with E-state index in [1.54, 1.807) is 12.3 Å². The van der Waals surface area contributed by atoms with Crippen LogP contribution in [0.5, 0.6) is 5.75 Å². The Bertz CT molecular complexity index is 310. The molecule has 4 N–H and O–H groups in total. The van der Waals surface area contributed by atoms with Gasteiger partial charge in [0.2, 0.25) is 0 Å². The molecule has 0 aliphatic heterocycles. The third-order valence-corrected chi connectivity index (χ3v) is 2.00. The van der Waals surface area contributed by atoms with E-state index in [0.717, 1.165) is 24.3 Å². The van der Waals surface area contributed by atoms with E-state index in [1.807, 2.05) is 0 Å². The van der Waals surface area contributed by atoms with Gasteiger partial charge in [0.25, 0.3) is 0 Å². The monoisotopic (exact) mass is 179 g/mol. The van der Waals surface area contributed by atoms with Gasteiger partial charge < -0.3 is 16.2 Å². The van der Waals surface area contributed by atoms with E-state index in [4.69, 9.17) is 16.2 Å². The van der Waals surface area contributed by atoms with Crippen molar-refractivity contribution in [3.05, 3.63) is 18.0 Å². The van der Waals surface area contributed by atoms with Crippen LogP contribution >= 0.6 is 0 Å². The average molecular weight is 179 g/mol. The molecule has 1 aliphatic rings. The summed E-state index contributed by atoms with van der Waals surface area (Å²) in [5.74, 6) is 0.747. The highest BCUT2D eigenvalue weighted by Crippen LogP contribution is 2.27. The molecule has 0 unspecified atom stereocenters. The van der Waals surface area contributed by atoms with Gasteiger partial charge in [0.1, 0.15) is 5.75 Å². The minimum atomic E-state index is 0.371. The van der Waals surface area contributed by atoms with Gasteiger partial charge >= 0.3 is 0 Å². The molecule has 0 spiro atoms. The average Bonchev–Trinajstić information content (AvgIpc) is 2.89. The number of rotatable bonds is 3. The molecule has 0 radical (unpaired) electrons. The van der Waals surface area contributed by atoms with Crippen LogP contribution in [0.4, 0.5) is 5.69 Å². The predicted octanol–water partition coefficient (Wildman–Crippen LogP) is 0.664. The molecule has 2 rings (SSSR count).